The van der Waals surface area contributed by atoms with Gasteiger partial charge in [0.1, 0.15) is 5.41 Å². The minimum Gasteiger partial charge on any atom is -0.481 e. The largest absolute Gasteiger partial charge is 0.481 e. The lowest BCUT2D eigenvalue weighted by Crippen LogP contribution is -2.40. The Balaban J connectivity index is 2.15. The van der Waals surface area contributed by atoms with Crippen LogP contribution in [0.15, 0.2) is 11.4 Å². The number of carbonyl (C=O) groups is 2. The van der Waals surface area contributed by atoms with Crippen LogP contribution in [0.25, 0.3) is 0 Å². The molecule has 1 saturated heterocycles. The van der Waals surface area contributed by atoms with E-state index in [0.29, 0.717) is 17.8 Å². The molecule has 6 heteroatoms. The molecular formula is C13H17NO4S. The van der Waals surface area contributed by atoms with Crippen molar-refractivity contribution in [2.24, 2.45) is 5.41 Å². The standard InChI is InChI=1S/C13H17NO4S/c1-9-3-6-19-10(9)11(15)14-5-4-13(7-14,8-18-2)12(16)17/h3,6H,4-5,7-8H2,1-2H3,(H,16,17). The fourth-order valence-corrected chi connectivity index (χ4v) is 3.30. The first-order chi connectivity index (χ1) is 9.00. The van der Waals surface area contributed by atoms with E-state index in [1.165, 1.54) is 18.4 Å². The number of hydrogen-bond donors (Lipinski definition) is 1. The third-order valence-corrected chi connectivity index (χ3v) is 4.58. The zero-order chi connectivity index (χ0) is 14.0. The van der Waals surface area contributed by atoms with Gasteiger partial charge in [-0.2, -0.15) is 0 Å². The van der Waals surface area contributed by atoms with E-state index in [1.54, 1.807) is 4.90 Å². The molecule has 2 rings (SSSR count). The quantitative estimate of drug-likeness (QED) is 0.912. The molecule has 0 saturated carbocycles. The molecule has 1 unspecified atom stereocenters. The van der Waals surface area contributed by atoms with Gasteiger partial charge in [-0.1, -0.05) is 0 Å². The Bertz CT molecular complexity index is 499. The molecule has 1 aromatic rings. The van der Waals surface area contributed by atoms with Crippen LogP contribution < -0.4 is 0 Å². The highest BCUT2D eigenvalue weighted by Crippen LogP contribution is 2.33. The molecule has 1 aliphatic heterocycles. The SMILES string of the molecule is COCC1(C(=O)O)CCN(C(=O)c2sccc2C)C1. The number of aryl methyl sites for hydroxylation is 1. The molecule has 0 bridgehead atoms. The van der Waals surface area contributed by atoms with Crippen molar-refractivity contribution in [2.45, 2.75) is 13.3 Å². The first-order valence-electron chi connectivity index (χ1n) is 6.06. The third-order valence-electron chi connectivity index (χ3n) is 3.57. The Morgan fingerprint density at radius 1 is 1.58 bits per heavy atom. The van der Waals surface area contributed by atoms with Gasteiger partial charge in [0.2, 0.25) is 0 Å². The lowest BCUT2D eigenvalue weighted by molar-refractivity contribution is -0.151. The smallest absolute Gasteiger partial charge is 0.313 e. The second-order valence-electron chi connectivity index (χ2n) is 4.93. The van der Waals surface area contributed by atoms with E-state index in [4.69, 9.17) is 4.74 Å². The number of hydrogen-bond acceptors (Lipinski definition) is 4. The van der Waals surface area contributed by atoms with Crippen LogP contribution in [0, 0.1) is 12.3 Å². The Morgan fingerprint density at radius 2 is 2.32 bits per heavy atom. The molecule has 104 valence electrons. The molecule has 0 spiro atoms. The average Bonchev–Trinajstić information content (AvgIpc) is 2.96. The summed E-state index contributed by atoms with van der Waals surface area (Å²) in [5, 5.41) is 11.2. The maximum absolute atomic E-state index is 12.3. The van der Waals surface area contributed by atoms with Crippen LogP contribution in [0.3, 0.4) is 0 Å². The molecule has 0 radical (unpaired) electrons. The van der Waals surface area contributed by atoms with Crippen LogP contribution in [0.5, 0.6) is 0 Å². The number of carbonyl (C=O) groups excluding carboxylic acids is 1. The zero-order valence-corrected chi connectivity index (χ0v) is 11.8. The lowest BCUT2D eigenvalue weighted by atomic mass is 9.88. The summed E-state index contributed by atoms with van der Waals surface area (Å²) in [5.74, 6) is -0.973. The van der Waals surface area contributed by atoms with Crippen molar-refractivity contribution in [1.82, 2.24) is 4.90 Å². The van der Waals surface area contributed by atoms with E-state index in [-0.39, 0.29) is 19.1 Å². The van der Waals surface area contributed by atoms with E-state index >= 15 is 0 Å². The zero-order valence-electron chi connectivity index (χ0n) is 11.0. The summed E-state index contributed by atoms with van der Waals surface area (Å²) in [5.41, 5.74) is -0.0233. The second kappa shape index (κ2) is 5.30. The molecule has 1 aromatic heterocycles. The molecule has 1 aliphatic rings. The maximum Gasteiger partial charge on any atom is 0.313 e. The van der Waals surface area contributed by atoms with Crippen molar-refractivity contribution in [1.29, 1.82) is 0 Å². The number of likely N-dealkylation sites (tertiary alicyclic amines) is 1. The molecule has 1 amide bonds. The Kier molecular flexibility index (Phi) is 3.91. The predicted molar refractivity (Wildman–Crippen MR) is 71.5 cm³/mol. The van der Waals surface area contributed by atoms with Gasteiger partial charge in [0.25, 0.3) is 5.91 Å². The summed E-state index contributed by atoms with van der Waals surface area (Å²) in [7, 11) is 1.48. The van der Waals surface area contributed by atoms with Gasteiger partial charge in [0.15, 0.2) is 0 Å². The van der Waals surface area contributed by atoms with Crippen LogP contribution in [-0.4, -0.2) is 48.7 Å². The number of nitrogens with zero attached hydrogens (tertiary/aromatic N) is 1. The van der Waals surface area contributed by atoms with E-state index in [1.807, 2.05) is 18.4 Å². The molecule has 1 N–H and O–H groups in total. The summed E-state index contributed by atoms with van der Waals surface area (Å²) >= 11 is 1.40. The molecular weight excluding hydrogens is 266 g/mol. The first-order valence-corrected chi connectivity index (χ1v) is 6.94. The van der Waals surface area contributed by atoms with Gasteiger partial charge >= 0.3 is 5.97 Å². The minimum absolute atomic E-state index is 0.0771. The van der Waals surface area contributed by atoms with Gasteiger partial charge in [0, 0.05) is 20.2 Å². The minimum atomic E-state index is -0.963. The summed E-state index contributed by atoms with van der Waals surface area (Å²) in [6.07, 6.45) is 0.437. The maximum atomic E-state index is 12.3. The summed E-state index contributed by atoms with van der Waals surface area (Å²) < 4.78 is 5.02. The van der Waals surface area contributed by atoms with E-state index in [2.05, 4.69) is 0 Å². The van der Waals surface area contributed by atoms with Gasteiger partial charge in [-0.15, -0.1) is 11.3 Å². The van der Waals surface area contributed by atoms with E-state index in [9.17, 15) is 14.7 Å². The van der Waals surface area contributed by atoms with Gasteiger partial charge in [-0.05, 0) is 30.4 Å². The van der Waals surface area contributed by atoms with E-state index < -0.39 is 11.4 Å². The van der Waals surface area contributed by atoms with Gasteiger partial charge in [0.05, 0.1) is 11.5 Å². The van der Waals surface area contributed by atoms with Crippen molar-refractivity contribution in [3.63, 3.8) is 0 Å². The lowest BCUT2D eigenvalue weighted by Gasteiger charge is -2.23. The third kappa shape index (κ3) is 2.50. The summed E-state index contributed by atoms with van der Waals surface area (Å²) in [6, 6.07) is 1.90. The summed E-state index contributed by atoms with van der Waals surface area (Å²) in [6.45, 7) is 2.70. The Labute approximate surface area is 115 Å². The highest BCUT2D eigenvalue weighted by molar-refractivity contribution is 7.12. The van der Waals surface area contributed by atoms with Gasteiger partial charge < -0.3 is 14.7 Å². The van der Waals surface area contributed by atoms with Crippen molar-refractivity contribution >= 4 is 23.2 Å². The molecule has 0 aliphatic carbocycles. The van der Waals surface area contributed by atoms with Gasteiger partial charge in [-0.3, -0.25) is 9.59 Å². The normalized spacial score (nSPS) is 22.7. The van der Waals surface area contributed by atoms with Crippen LogP contribution in [0.4, 0.5) is 0 Å². The number of ether oxygens (including phenoxy) is 1. The van der Waals surface area contributed by atoms with Crippen molar-refractivity contribution in [2.75, 3.05) is 26.8 Å². The molecule has 2 heterocycles. The van der Waals surface area contributed by atoms with Gasteiger partial charge in [-0.25, -0.2) is 0 Å². The Hall–Kier alpha value is -1.40. The van der Waals surface area contributed by atoms with Crippen LogP contribution in [0.2, 0.25) is 0 Å². The molecule has 19 heavy (non-hydrogen) atoms. The fraction of sp³-hybridized carbons (Fsp3) is 0.538. The molecule has 1 atom stereocenters. The number of methoxy groups -OCH3 is 1. The van der Waals surface area contributed by atoms with Crippen LogP contribution in [0.1, 0.15) is 21.7 Å². The molecule has 0 aromatic carbocycles. The Morgan fingerprint density at radius 3 is 2.84 bits per heavy atom. The second-order valence-corrected chi connectivity index (χ2v) is 5.84. The number of carboxylic acids is 1. The van der Waals surface area contributed by atoms with Crippen molar-refractivity contribution in [3.05, 3.63) is 21.9 Å². The monoisotopic (exact) mass is 283 g/mol. The molecule has 5 nitrogen and oxygen atoms in total. The number of thiophene rings is 1. The number of amides is 1. The number of rotatable bonds is 4. The van der Waals surface area contributed by atoms with E-state index in [0.717, 1.165) is 5.56 Å². The predicted octanol–water partition coefficient (Wildman–Crippen LogP) is 1.62. The van der Waals surface area contributed by atoms with Crippen LogP contribution >= 0.6 is 11.3 Å². The number of carboxylic acid groups (broad SMARTS) is 1. The average molecular weight is 283 g/mol. The van der Waals surface area contributed by atoms with Crippen molar-refractivity contribution in [3.8, 4) is 0 Å². The highest BCUT2D eigenvalue weighted by atomic mass is 32.1. The first kappa shape index (κ1) is 14.0. The highest BCUT2D eigenvalue weighted by Gasteiger charge is 2.46. The van der Waals surface area contributed by atoms with Crippen molar-refractivity contribution < 1.29 is 19.4 Å². The number of aliphatic carboxylic acids is 1. The topological polar surface area (TPSA) is 66.8 Å². The fourth-order valence-electron chi connectivity index (χ4n) is 2.41. The summed E-state index contributed by atoms with van der Waals surface area (Å²) in [4.78, 5) is 26.1. The molecule has 1 fully saturated rings. The van der Waals surface area contributed by atoms with Crippen LogP contribution in [-0.2, 0) is 9.53 Å².